The number of hydrogen-bond acceptors (Lipinski definition) is 3. The van der Waals surface area contributed by atoms with Gasteiger partial charge in [0.25, 0.3) is 0 Å². The largest absolute Gasteiger partial charge is 0.454 e. The maximum atomic E-state index is 6.42. The molecule has 4 heterocycles. The van der Waals surface area contributed by atoms with Gasteiger partial charge < -0.3 is 9.73 Å². The van der Waals surface area contributed by atoms with Crippen LogP contribution in [0.15, 0.2) is 88.3 Å². The Kier molecular flexibility index (Phi) is 2.44. The predicted octanol–water partition coefficient (Wildman–Crippen LogP) is 6.58. The van der Waals surface area contributed by atoms with Crippen molar-refractivity contribution in [2.45, 2.75) is 6.04 Å². The standard InChI is InChI=1S/C26H15N3O/c1-4-11-21-14(6-1)17-13-12-16-15-7-5-8-18-22-26(28-20-10-3-2-9-19(20)27-22)29(23(15)18)24(16)25(17)30-21/h1-13,20,28H. The monoisotopic (exact) mass is 385 g/mol. The number of anilines is 1. The number of benzene rings is 3. The number of aromatic nitrogens is 1. The normalized spacial score (nSPS) is 17.9. The number of para-hydroxylation sites is 2. The zero-order valence-corrected chi connectivity index (χ0v) is 15.9. The molecule has 1 atom stereocenters. The lowest BCUT2D eigenvalue weighted by Gasteiger charge is -2.23. The van der Waals surface area contributed by atoms with E-state index in [9.17, 15) is 0 Å². The summed E-state index contributed by atoms with van der Waals surface area (Å²) < 4.78 is 8.74. The fourth-order valence-electron chi connectivity index (χ4n) is 5.26. The van der Waals surface area contributed by atoms with Crippen LogP contribution in [0.5, 0.6) is 0 Å². The van der Waals surface area contributed by atoms with E-state index in [0.29, 0.717) is 0 Å². The van der Waals surface area contributed by atoms with Gasteiger partial charge in [-0.15, -0.1) is 0 Å². The van der Waals surface area contributed by atoms with Crippen LogP contribution in [-0.4, -0.2) is 16.2 Å². The number of fused-ring (bicyclic) bond motifs is 11. The number of allylic oxidation sites excluding steroid dienone is 2. The molecule has 30 heavy (non-hydrogen) atoms. The van der Waals surface area contributed by atoms with Gasteiger partial charge >= 0.3 is 0 Å². The minimum absolute atomic E-state index is 0.0884. The lowest BCUT2D eigenvalue weighted by Crippen LogP contribution is -2.30. The van der Waals surface area contributed by atoms with Gasteiger partial charge in [0.1, 0.15) is 17.1 Å². The number of rotatable bonds is 0. The summed E-state index contributed by atoms with van der Waals surface area (Å²) in [6, 6.07) is 19.3. The predicted molar refractivity (Wildman–Crippen MR) is 124 cm³/mol. The van der Waals surface area contributed by atoms with Crippen LogP contribution in [0.4, 0.5) is 11.5 Å². The molecule has 1 N–H and O–H groups in total. The molecule has 4 nitrogen and oxygen atoms in total. The number of aliphatic imine (C=N–C) groups is 1. The van der Waals surface area contributed by atoms with Crippen molar-refractivity contribution >= 4 is 66.3 Å². The molecule has 6 aromatic rings. The lowest BCUT2D eigenvalue weighted by molar-refractivity contribution is 0.671. The Morgan fingerprint density at radius 2 is 1.63 bits per heavy atom. The van der Waals surface area contributed by atoms with Crippen LogP contribution < -0.4 is 5.32 Å². The molecule has 4 heteroatoms. The van der Waals surface area contributed by atoms with Crippen molar-refractivity contribution in [3.63, 3.8) is 0 Å². The van der Waals surface area contributed by atoms with Crippen molar-refractivity contribution in [2.24, 2.45) is 4.99 Å². The van der Waals surface area contributed by atoms with Crippen molar-refractivity contribution in [2.75, 3.05) is 5.32 Å². The van der Waals surface area contributed by atoms with Gasteiger partial charge in [-0.05, 0) is 18.2 Å². The van der Waals surface area contributed by atoms with Crippen LogP contribution in [-0.2, 0) is 0 Å². The Balaban J connectivity index is 1.64. The molecule has 8 rings (SSSR count). The third kappa shape index (κ3) is 1.59. The number of furan rings is 1. The van der Waals surface area contributed by atoms with Crippen molar-refractivity contribution in [1.82, 2.24) is 4.40 Å². The van der Waals surface area contributed by atoms with E-state index in [1.54, 1.807) is 0 Å². The second kappa shape index (κ2) is 4.92. The number of nitrogens with zero attached hydrogens (tertiary/aromatic N) is 2. The maximum absolute atomic E-state index is 6.42. The molecule has 0 amide bonds. The zero-order chi connectivity index (χ0) is 19.4. The van der Waals surface area contributed by atoms with Gasteiger partial charge in [-0.25, -0.2) is 4.99 Å². The smallest absolute Gasteiger partial charge is 0.160 e. The van der Waals surface area contributed by atoms with Gasteiger partial charge in [-0.1, -0.05) is 60.7 Å². The van der Waals surface area contributed by atoms with E-state index in [4.69, 9.17) is 9.41 Å². The first kappa shape index (κ1) is 14.9. The maximum Gasteiger partial charge on any atom is 0.160 e. The average molecular weight is 385 g/mol. The third-order valence-corrected chi connectivity index (χ3v) is 6.53. The first-order chi connectivity index (χ1) is 14.9. The number of hydrogen-bond donors (Lipinski definition) is 1. The van der Waals surface area contributed by atoms with E-state index in [1.165, 1.54) is 21.7 Å². The highest BCUT2D eigenvalue weighted by atomic mass is 16.3. The SMILES string of the molecule is C1=CC2=Nc3c(n4c5c3cccc5c3ccc5c6ccccc6oc5c34)NC2C=C1. The third-order valence-electron chi connectivity index (χ3n) is 6.53. The summed E-state index contributed by atoms with van der Waals surface area (Å²) in [7, 11) is 0. The van der Waals surface area contributed by atoms with Gasteiger partial charge in [0.15, 0.2) is 5.58 Å². The van der Waals surface area contributed by atoms with E-state index in [2.05, 4.69) is 70.4 Å². The van der Waals surface area contributed by atoms with Gasteiger partial charge in [0.05, 0.1) is 22.8 Å². The van der Waals surface area contributed by atoms with Gasteiger partial charge in [0, 0.05) is 26.9 Å². The van der Waals surface area contributed by atoms with Crippen LogP contribution in [0, 0.1) is 0 Å². The highest BCUT2D eigenvalue weighted by molar-refractivity contribution is 6.27. The molecule has 140 valence electrons. The quantitative estimate of drug-likeness (QED) is 0.321. The molecule has 1 aliphatic carbocycles. The van der Waals surface area contributed by atoms with Crippen molar-refractivity contribution in [1.29, 1.82) is 0 Å². The molecule has 1 unspecified atom stereocenters. The Labute approximate surface area is 170 Å². The molecule has 2 aliphatic rings. The molecule has 0 spiro atoms. The summed E-state index contributed by atoms with van der Waals surface area (Å²) >= 11 is 0. The van der Waals surface area contributed by atoms with Crippen LogP contribution in [0.1, 0.15) is 0 Å². The van der Waals surface area contributed by atoms with E-state index in [1.807, 2.05) is 18.2 Å². The first-order valence-corrected chi connectivity index (χ1v) is 10.2. The molecule has 1 aliphatic heterocycles. The summed E-state index contributed by atoms with van der Waals surface area (Å²) in [5.41, 5.74) is 6.23. The summed E-state index contributed by atoms with van der Waals surface area (Å²) in [5.74, 6) is 1.04. The second-order valence-corrected chi connectivity index (χ2v) is 8.07. The fraction of sp³-hybridized carbons (Fsp3) is 0.0385. The molecule has 0 bridgehead atoms. The Morgan fingerprint density at radius 3 is 2.63 bits per heavy atom. The molecule has 0 radical (unpaired) electrons. The van der Waals surface area contributed by atoms with Crippen molar-refractivity contribution in [3.05, 3.63) is 78.9 Å². The van der Waals surface area contributed by atoms with Crippen molar-refractivity contribution < 1.29 is 4.42 Å². The van der Waals surface area contributed by atoms with Crippen molar-refractivity contribution in [3.8, 4) is 0 Å². The number of nitrogens with one attached hydrogen (secondary N) is 1. The summed E-state index contributed by atoms with van der Waals surface area (Å²) in [4.78, 5) is 5.05. The van der Waals surface area contributed by atoms with Crippen LogP contribution in [0.25, 0.3) is 49.1 Å². The summed E-state index contributed by atoms with van der Waals surface area (Å²) in [5, 5.41) is 9.64. The molecule has 3 aromatic carbocycles. The highest BCUT2D eigenvalue weighted by Crippen LogP contribution is 2.48. The van der Waals surface area contributed by atoms with Gasteiger partial charge in [-0.2, -0.15) is 0 Å². The Bertz CT molecular complexity index is 1780. The molecular weight excluding hydrogens is 370 g/mol. The van der Waals surface area contributed by atoms with E-state index < -0.39 is 0 Å². The first-order valence-electron chi connectivity index (χ1n) is 10.2. The minimum atomic E-state index is 0.0884. The van der Waals surface area contributed by atoms with Crippen LogP contribution >= 0.6 is 0 Å². The lowest BCUT2D eigenvalue weighted by atomic mass is 10.0. The van der Waals surface area contributed by atoms with Crippen LogP contribution in [0.3, 0.4) is 0 Å². The van der Waals surface area contributed by atoms with E-state index in [-0.39, 0.29) is 6.04 Å². The fourth-order valence-corrected chi connectivity index (χ4v) is 5.26. The second-order valence-electron chi connectivity index (χ2n) is 8.07. The molecule has 0 saturated heterocycles. The Morgan fingerprint density at radius 1 is 0.800 bits per heavy atom. The molecular formula is C26H15N3O. The topological polar surface area (TPSA) is 41.9 Å². The molecule has 0 fully saturated rings. The van der Waals surface area contributed by atoms with Crippen LogP contribution in [0.2, 0.25) is 0 Å². The van der Waals surface area contributed by atoms with Gasteiger partial charge in [-0.3, -0.25) is 4.40 Å². The van der Waals surface area contributed by atoms with E-state index in [0.717, 1.165) is 44.7 Å². The zero-order valence-electron chi connectivity index (χ0n) is 15.9. The summed E-state index contributed by atoms with van der Waals surface area (Å²) in [6.45, 7) is 0. The summed E-state index contributed by atoms with van der Waals surface area (Å²) in [6.07, 6.45) is 8.37. The average Bonchev–Trinajstić information content (AvgIpc) is 3.43. The van der Waals surface area contributed by atoms with E-state index >= 15 is 0 Å². The Hall–Kier alpha value is -4.05. The molecule has 3 aromatic heterocycles. The highest BCUT2D eigenvalue weighted by Gasteiger charge is 2.29. The minimum Gasteiger partial charge on any atom is -0.454 e. The molecule has 0 saturated carbocycles. The van der Waals surface area contributed by atoms with Gasteiger partial charge in [0.2, 0.25) is 0 Å².